The minimum atomic E-state index is -0.903. The van der Waals surface area contributed by atoms with Gasteiger partial charge in [-0.25, -0.2) is 9.78 Å². The number of nitrogens with zero attached hydrogens (tertiary/aromatic N) is 2. The van der Waals surface area contributed by atoms with E-state index in [2.05, 4.69) is 25.5 Å². The van der Waals surface area contributed by atoms with Crippen LogP contribution in [0.4, 0.5) is 5.69 Å². The molecule has 0 bridgehead atoms. The number of alkyl halides is 2. The van der Waals surface area contributed by atoms with Crippen molar-refractivity contribution in [3.63, 3.8) is 0 Å². The molecule has 0 aliphatic carbocycles. The largest absolute Gasteiger partial charge is 0.467 e. The van der Waals surface area contributed by atoms with Crippen molar-refractivity contribution in [1.29, 1.82) is 0 Å². The van der Waals surface area contributed by atoms with E-state index < -0.39 is 24.0 Å². The van der Waals surface area contributed by atoms with Crippen LogP contribution in [0.5, 0.6) is 0 Å². The minimum Gasteiger partial charge on any atom is -0.467 e. The van der Waals surface area contributed by atoms with E-state index in [-0.39, 0.29) is 24.7 Å². The molecule has 36 heavy (non-hydrogen) atoms. The maximum atomic E-state index is 13.1. The summed E-state index contributed by atoms with van der Waals surface area (Å²) in [6.45, 7) is 5.23. The standard InChI is InChI=1S/C25H35Cl2N5O4/c1-17(2)12-22(25(35)36-3)31-24(34)21(14-19-15-28-16-29-19)30-23(33)13-18-4-6-20(7-5-18)32(10-8-26)11-9-27/h4-7,15-17,21-22H,8-14H2,1-3H3,(H,28,29)(H,30,33)(H,31,34)/t21-,22-/m0/s1. The molecule has 198 valence electrons. The molecule has 2 amide bonds. The highest BCUT2D eigenvalue weighted by molar-refractivity contribution is 6.18. The summed E-state index contributed by atoms with van der Waals surface area (Å²) in [7, 11) is 1.28. The number of hydrogen-bond acceptors (Lipinski definition) is 6. The van der Waals surface area contributed by atoms with Crippen LogP contribution >= 0.6 is 23.2 Å². The van der Waals surface area contributed by atoms with E-state index in [4.69, 9.17) is 27.9 Å². The SMILES string of the molecule is COC(=O)[C@H](CC(C)C)NC(=O)[C@H](Cc1cnc[nH]1)NC(=O)Cc1ccc(N(CCCl)CCCl)cc1. The second-order valence-electron chi connectivity index (χ2n) is 8.82. The smallest absolute Gasteiger partial charge is 0.328 e. The molecule has 2 atom stereocenters. The number of benzene rings is 1. The van der Waals surface area contributed by atoms with Crippen molar-refractivity contribution < 1.29 is 19.1 Å². The summed E-state index contributed by atoms with van der Waals surface area (Å²) in [6, 6.07) is 5.86. The van der Waals surface area contributed by atoms with E-state index >= 15 is 0 Å². The molecular formula is C25H35Cl2N5O4. The summed E-state index contributed by atoms with van der Waals surface area (Å²) in [4.78, 5) is 47.2. The Morgan fingerprint density at radius 2 is 1.72 bits per heavy atom. The monoisotopic (exact) mass is 539 g/mol. The lowest BCUT2D eigenvalue weighted by Gasteiger charge is -2.23. The number of anilines is 1. The first-order valence-electron chi connectivity index (χ1n) is 11.9. The first-order valence-corrected chi connectivity index (χ1v) is 12.9. The number of nitrogens with one attached hydrogen (secondary N) is 3. The molecule has 0 aliphatic heterocycles. The molecule has 0 aliphatic rings. The van der Waals surface area contributed by atoms with E-state index in [0.717, 1.165) is 11.3 Å². The minimum absolute atomic E-state index is 0.0878. The van der Waals surface area contributed by atoms with Gasteiger partial charge in [0.1, 0.15) is 12.1 Å². The molecule has 0 unspecified atom stereocenters. The van der Waals surface area contributed by atoms with Crippen LogP contribution in [0, 0.1) is 5.92 Å². The van der Waals surface area contributed by atoms with Crippen molar-refractivity contribution in [2.75, 3.05) is 36.9 Å². The summed E-state index contributed by atoms with van der Waals surface area (Å²) in [6.07, 6.45) is 3.79. The predicted molar refractivity (Wildman–Crippen MR) is 141 cm³/mol. The molecule has 1 aromatic carbocycles. The molecule has 11 heteroatoms. The van der Waals surface area contributed by atoms with Gasteiger partial charge in [0.15, 0.2) is 0 Å². The fraction of sp³-hybridized carbons (Fsp3) is 0.520. The van der Waals surface area contributed by atoms with E-state index in [0.29, 0.717) is 37.0 Å². The predicted octanol–water partition coefficient (Wildman–Crippen LogP) is 2.67. The molecule has 0 radical (unpaired) electrons. The van der Waals surface area contributed by atoms with Crippen molar-refractivity contribution in [2.24, 2.45) is 5.92 Å². The summed E-state index contributed by atoms with van der Waals surface area (Å²) >= 11 is 11.8. The van der Waals surface area contributed by atoms with Crippen LogP contribution in [0.2, 0.25) is 0 Å². The molecule has 2 rings (SSSR count). The van der Waals surface area contributed by atoms with E-state index in [9.17, 15) is 14.4 Å². The third-order valence-electron chi connectivity index (χ3n) is 5.51. The molecule has 0 saturated carbocycles. The Balaban J connectivity index is 2.09. The van der Waals surface area contributed by atoms with Gasteiger partial charge < -0.3 is 25.3 Å². The maximum absolute atomic E-state index is 13.1. The van der Waals surface area contributed by atoms with Crippen molar-refractivity contribution in [1.82, 2.24) is 20.6 Å². The van der Waals surface area contributed by atoms with Gasteiger partial charge in [0.05, 0.1) is 19.9 Å². The van der Waals surface area contributed by atoms with Gasteiger partial charge in [0.25, 0.3) is 0 Å². The number of carbonyl (C=O) groups is 3. The van der Waals surface area contributed by atoms with E-state index in [1.54, 1.807) is 6.20 Å². The van der Waals surface area contributed by atoms with E-state index in [1.165, 1.54) is 13.4 Å². The second-order valence-corrected chi connectivity index (χ2v) is 9.58. The van der Waals surface area contributed by atoms with Crippen LogP contribution in [0.15, 0.2) is 36.8 Å². The molecule has 0 spiro atoms. The van der Waals surface area contributed by atoms with Crippen molar-refractivity contribution >= 4 is 46.7 Å². The van der Waals surface area contributed by atoms with Crippen LogP contribution in [0.3, 0.4) is 0 Å². The van der Waals surface area contributed by atoms with Gasteiger partial charge in [-0.1, -0.05) is 26.0 Å². The van der Waals surface area contributed by atoms with Gasteiger partial charge in [-0.2, -0.15) is 0 Å². The highest BCUT2D eigenvalue weighted by Gasteiger charge is 2.28. The lowest BCUT2D eigenvalue weighted by molar-refractivity contribution is -0.145. The molecule has 0 saturated heterocycles. The Morgan fingerprint density at radius 3 is 2.25 bits per heavy atom. The molecule has 9 nitrogen and oxygen atoms in total. The number of H-pyrrole nitrogens is 1. The number of carbonyl (C=O) groups excluding carboxylic acids is 3. The molecular weight excluding hydrogens is 505 g/mol. The summed E-state index contributed by atoms with van der Waals surface area (Å²) in [5.41, 5.74) is 2.44. The number of methoxy groups -OCH3 is 1. The number of imidazole rings is 1. The first kappa shape index (κ1) is 29.5. The van der Waals surface area contributed by atoms with Gasteiger partial charge in [-0.15, -0.1) is 23.2 Å². The van der Waals surface area contributed by atoms with Gasteiger partial charge in [-0.3, -0.25) is 9.59 Å². The highest BCUT2D eigenvalue weighted by Crippen LogP contribution is 2.16. The second kappa shape index (κ2) is 15.4. The van der Waals surface area contributed by atoms with Crippen molar-refractivity contribution in [3.05, 3.63) is 48.0 Å². The normalized spacial score (nSPS) is 12.6. The van der Waals surface area contributed by atoms with Gasteiger partial charge in [-0.05, 0) is 30.0 Å². The van der Waals surface area contributed by atoms with Crippen LogP contribution in [-0.4, -0.2) is 71.8 Å². The number of amides is 2. The lowest BCUT2D eigenvalue weighted by atomic mass is 10.0. The highest BCUT2D eigenvalue weighted by atomic mass is 35.5. The maximum Gasteiger partial charge on any atom is 0.328 e. The van der Waals surface area contributed by atoms with Gasteiger partial charge in [0.2, 0.25) is 11.8 Å². The molecule has 1 aromatic heterocycles. The number of rotatable bonds is 15. The molecule has 3 N–H and O–H groups in total. The van der Waals surface area contributed by atoms with Crippen LogP contribution < -0.4 is 15.5 Å². The van der Waals surface area contributed by atoms with Gasteiger partial charge >= 0.3 is 5.97 Å². The first-order chi connectivity index (χ1) is 17.3. The van der Waals surface area contributed by atoms with Crippen LogP contribution in [-0.2, 0) is 32.0 Å². The molecule has 2 aromatic rings. The van der Waals surface area contributed by atoms with E-state index in [1.807, 2.05) is 38.1 Å². The van der Waals surface area contributed by atoms with Crippen LogP contribution in [0.1, 0.15) is 31.5 Å². The number of hydrogen-bond donors (Lipinski definition) is 3. The fourth-order valence-corrected chi connectivity index (χ4v) is 4.16. The van der Waals surface area contributed by atoms with Crippen LogP contribution in [0.25, 0.3) is 0 Å². The molecule has 1 heterocycles. The molecule has 0 fully saturated rings. The number of ether oxygens (including phenoxy) is 1. The Bertz CT molecular complexity index is 948. The topological polar surface area (TPSA) is 116 Å². The number of aromatic amines is 1. The lowest BCUT2D eigenvalue weighted by Crippen LogP contribution is -2.53. The summed E-state index contributed by atoms with van der Waals surface area (Å²) < 4.78 is 4.84. The number of aromatic nitrogens is 2. The number of esters is 1. The third-order valence-corrected chi connectivity index (χ3v) is 5.85. The Labute approximate surface area is 222 Å². The summed E-state index contributed by atoms with van der Waals surface area (Å²) in [5.74, 6) is -0.200. The number of halogens is 2. The van der Waals surface area contributed by atoms with Gasteiger partial charge in [0, 0.05) is 48.8 Å². The quantitative estimate of drug-likeness (QED) is 0.236. The fourth-order valence-electron chi connectivity index (χ4n) is 3.75. The Kier molecular flexibility index (Phi) is 12.6. The Hall–Kier alpha value is -2.78. The average Bonchev–Trinajstić information content (AvgIpc) is 3.36. The summed E-state index contributed by atoms with van der Waals surface area (Å²) in [5, 5.41) is 5.54. The average molecular weight is 540 g/mol. The van der Waals surface area contributed by atoms with Crippen molar-refractivity contribution in [2.45, 2.75) is 45.2 Å². The Morgan fingerprint density at radius 1 is 1.06 bits per heavy atom. The zero-order chi connectivity index (χ0) is 26.5. The zero-order valence-electron chi connectivity index (χ0n) is 20.9. The third kappa shape index (κ3) is 9.70. The van der Waals surface area contributed by atoms with Crippen molar-refractivity contribution in [3.8, 4) is 0 Å². The zero-order valence-corrected chi connectivity index (χ0v) is 22.4.